The molecule has 0 aliphatic rings. The van der Waals surface area contributed by atoms with E-state index in [1.54, 1.807) is 6.07 Å². The quantitative estimate of drug-likeness (QED) is 0.710. The lowest BCUT2D eigenvalue weighted by Crippen LogP contribution is -2.21. The molecule has 0 aliphatic carbocycles. The third kappa shape index (κ3) is 3.13. The lowest BCUT2D eigenvalue weighted by molar-refractivity contribution is 0.259. The van der Waals surface area contributed by atoms with Crippen LogP contribution >= 0.6 is 0 Å². The zero-order valence-electron chi connectivity index (χ0n) is 13.7. The molecule has 0 saturated carbocycles. The van der Waals surface area contributed by atoms with Crippen LogP contribution in [0.4, 0.5) is 0 Å². The van der Waals surface area contributed by atoms with Crippen molar-refractivity contribution in [1.29, 1.82) is 0 Å². The molecule has 0 fully saturated rings. The lowest BCUT2D eigenvalue weighted by atomic mass is 10.2. The highest BCUT2D eigenvalue weighted by molar-refractivity contribution is 7.88. The summed E-state index contributed by atoms with van der Waals surface area (Å²) in [5.74, 6) is 1.06. The van der Waals surface area contributed by atoms with Gasteiger partial charge in [0.05, 0.1) is 0 Å². The van der Waals surface area contributed by atoms with E-state index >= 15 is 0 Å². The molecule has 0 N–H and O–H groups in total. The summed E-state index contributed by atoms with van der Waals surface area (Å²) in [6.07, 6.45) is 0. The Bertz CT molecular complexity index is 977. The van der Waals surface area contributed by atoms with Gasteiger partial charge >= 0.3 is 0 Å². The van der Waals surface area contributed by atoms with Crippen molar-refractivity contribution in [1.82, 2.24) is 9.29 Å². The topological polar surface area (TPSA) is 72.6 Å². The van der Waals surface area contributed by atoms with E-state index in [4.69, 9.17) is 9.15 Å². The van der Waals surface area contributed by atoms with Gasteiger partial charge in [-0.3, -0.25) is 0 Å². The van der Waals surface area contributed by atoms with Gasteiger partial charge in [0.15, 0.2) is 0 Å². The van der Waals surface area contributed by atoms with Gasteiger partial charge in [-0.25, -0.2) is 17.7 Å². The van der Waals surface area contributed by atoms with E-state index in [9.17, 15) is 8.42 Å². The normalized spacial score (nSPS) is 12.0. The van der Waals surface area contributed by atoms with Crippen molar-refractivity contribution in [3.8, 4) is 5.75 Å². The van der Waals surface area contributed by atoms with Crippen LogP contribution in [-0.4, -0.2) is 31.8 Å². The number of furan rings is 1. The molecule has 6 nitrogen and oxygen atoms in total. The highest BCUT2D eigenvalue weighted by Crippen LogP contribution is 2.25. The van der Waals surface area contributed by atoms with E-state index in [-0.39, 0.29) is 11.7 Å². The van der Waals surface area contributed by atoms with E-state index in [0.29, 0.717) is 11.5 Å². The van der Waals surface area contributed by atoms with Crippen LogP contribution in [0.15, 0.2) is 52.0 Å². The van der Waals surface area contributed by atoms with Crippen molar-refractivity contribution in [2.75, 3.05) is 14.1 Å². The molecule has 0 spiro atoms. The first-order chi connectivity index (χ1) is 11.4. The fraction of sp³-hybridized carbons (Fsp3) is 0.235. The van der Waals surface area contributed by atoms with Gasteiger partial charge in [-0.05, 0) is 31.2 Å². The van der Waals surface area contributed by atoms with E-state index in [1.807, 2.05) is 37.3 Å². The van der Waals surface area contributed by atoms with Crippen LogP contribution in [0.2, 0.25) is 0 Å². The molecule has 2 heterocycles. The van der Waals surface area contributed by atoms with Gasteiger partial charge < -0.3 is 9.15 Å². The first-order valence-electron chi connectivity index (χ1n) is 7.38. The van der Waals surface area contributed by atoms with Crippen LogP contribution < -0.4 is 4.74 Å². The minimum absolute atomic E-state index is 0.0991. The molecule has 0 amide bonds. The van der Waals surface area contributed by atoms with Gasteiger partial charge in [-0.2, -0.15) is 0 Å². The summed E-state index contributed by atoms with van der Waals surface area (Å²) < 4.78 is 36.3. The number of hydrogen-bond donors (Lipinski definition) is 0. The van der Waals surface area contributed by atoms with Crippen LogP contribution in [0.5, 0.6) is 5.75 Å². The van der Waals surface area contributed by atoms with Gasteiger partial charge in [-0.1, -0.05) is 18.2 Å². The molecular formula is C17H18N2O4S. The van der Waals surface area contributed by atoms with Gasteiger partial charge in [0.25, 0.3) is 10.0 Å². The fourth-order valence-electron chi connectivity index (χ4n) is 2.24. The Morgan fingerprint density at radius 3 is 2.67 bits per heavy atom. The molecule has 3 rings (SSSR count). The minimum atomic E-state index is -3.58. The van der Waals surface area contributed by atoms with Crippen molar-refractivity contribution in [2.45, 2.75) is 18.6 Å². The molecule has 0 unspecified atom stereocenters. The molecule has 3 aromatic rings. The summed E-state index contributed by atoms with van der Waals surface area (Å²) in [6, 6.07) is 12.6. The first-order valence-corrected chi connectivity index (χ1v) is 8.82. The summed E-state index contributed by atoms with van der Waals surface area (Å²) >= 11 is 0. The molecular weight excluding hydrogens is 328 g/mol. The summed E-state index contributed by atoms with van der Waals surface area (Å²) in [5.41, 5.74) is 1.67. The van der Waals surface area contributed by atoms with Gasteiger partial charge in [-0.15, -0.1) is 0 Å². The number of sulfonamides is 1. The average molecular weight is 346 g/mol. The van der Waals surface area contributed by atoms with Crippen LogP contribution in [-0.2, 0) is 16.6 Å². The predicted octanol–water partition coefficient (Wildman–Crippen LogP) is 2.97. The van der Waals surface area contributed by atoms with E-state index in [0.717, 1.165) is 20.9 Å². The van der Waals surface area contributed by atoms with Gasteiger partial charge in [0.1, 0.15) is 23.6 Å². The maximum absolute atomic E-state index is 12.0. The molecule has 2 aromatic heterocycles. The van der Waals surface area contributed by atoms with Crippen LogP contribution in [0, 0.1) is 6.92 Å². The number of aryl methyl sites for hydroxylation is 1. The Hall–Kier alpha value is -2.38. The van der Waals surface area contributed by atoms with Crippen LogP contribution in [0.3, 0.4) is 0 Å². The van der Waals surface area contributed by atoms with Crippen LogP contribution in [0.1, 0.15) is 11.5 Å². The number of para-hydroxylation sites is 1. The van der Waals surface area contributed by atoms with Gasteiger partial charge in [0.2, 0.25) is 5.09 Å². The monoisotopic (exact) mass is 346 g/mol. The Balaban J connectivity index is 1.82. The molecule has 126 valence electrons. The number of fused-ring (bicyclic) bond motifs is 1. The number of hydrogen-bond acceptors (Lipinski definition) is 5. The summed E-state index contributed by atoms with van der Waals surface area (Å²) in [5, 5.41) is 0.881. The zero-order valence-corrected chi connectivity index (χ0v) is 14.5. The molecule has 0 bridgehead atoms. The van der Waals surface area contributed by atoms with Crippen LogP contribution in [0.25, 0.3) is 10.9 Å². The number of rotatable bonds is 5. The average Bonchev–Trinajstić information content (AvgIpc) is 3.02. The Kier molecular flexibility index (Phi) is 4.29. The lowest BCUT2D eigenvalue weighted by Gasteiger charge is -2.09. The Morgan fingerprint density at radius 1 is 1.12 bits per heavy atom. The standard InChI is InChI=1S/C17H18N2O4S/c1-12-7-8-13-5-4-6-15(17(13)18-12)22-11-14-9-10-16(23-14)24(20,21)19(2)3/h4-10H,11H2,1-3H3. The molecule has 0 aliphatic heterocycles. The molecule has 1 aromatic carbocycles. The smallest absolute Gasteiger partial charge is 0.275 e. The minimum Gasteiger partial charge on any atom is -0.483 e. The fourth-order valence-corrected chi connectivity index (χ4v) is 3.05. The summed E-state index contributed by atoms with van der Waals surface area (Å²) in [4.78, 5) is 4.50. The predicted molar refractivity (Wildman–Crippen MR) is 90.4 cm³/mol. The van der Waals surface area contributed by atoms with Crippen molar-refractivity contribution < 1.29 is 17.6 Å². The molecule has 24 heavy (non-hydrogen) atoms. The number of pyridine rings is 1. The maximum Gasteiger partial charge on any atom is 0.275 e. The SMILES string of the molecule is Cc1ccc2cccc(OCc3ccc(S(=O)(=O)N(C)C)o3)c2n1. The largest absolute Gasteiger partial charge is 0.483 e. The Labute approximate surface area is 140 Å². The summed E-state index contributed by atoms with van der Waals surface area (Å²) in [6.45, 7) is 2.04. The number of aromatic nitrogens is 1. The van der Waals surface area contributed by atoms with E-state index < -0.39 is 10.0 Å². The number of benzene rings is 1. The van der Waals surface area contributed by atoms with Crippen molar-refractivity contribution >= 4 is 20.9 Å². The third-order valence-corrected chi connectivity index (χ3v) is 5.25. The third-order valence-electron chi connectivity index (χ3n) is 3.56. The van der Waals surface area contributed by atoms with Crippen molar-refractivity contribution in [3.05, 3.63) is 53.9 Å². The molecule has 0 atom stereocenters. The van der Waals surface area contributed by atoms with E-state index in [2.05, 4.69) is 4.98 Å². The van der Waals surface area contributed by atoms with E-state index in [1.165, 1.54) is 20.2 Å². The highest BCUT2D eigenvalue weighted by atomic mass is 32.2. The summed E-state index contributed by atoms with van der Waals surface area (Å²) in [7, 11) is -0.668. The first kappa shape index (κ1) is 16.5. The molecule has 0 saturated heterocycles. The number of ether oxygens (including phenoxy) is 1. The Morgan fingerprint density at radius 2 is 1.92 bits per heavy atom. The highest BCUT2D eigenvalue weighted by Gasteiger charge is 2.21. The zero-order chi connectivity index (χ0) is 17.3. The van der Waals surface area contributed by atoms with Gasteiger partial charge in [0, 0.05) is 25.2 Å². The second-order valence-corrected chi connectivity index (χ2v) is 7.66. The number of nitrogens with zero attached hydrogens (tertiary/aromatic N) is 2. The molecule has 0 radical (unpaired) electrons. The van der Waals surface area contributed by atoms with Crippen molar-refractivity contribution in [3.63, 3.8) is 0 Å². The molecule has 7 heteroatoms. The van der Waals surface area contributed by atoms with Crippen molar-refractivity contribution in [2.24, 2.45) is 0 Å². The maximum atomic E-state index is 12.0. The second kappa shape index (κ2) is 6.26. The second-order valence-electron chi connectivity index (χ2n) is 5.58.